The first-order valence-corrected chi connectivity index (χ1v) is 7.72. The van der Waals surface area contributed by atoms with Crippen LogP contribution in [0.4, 0.5) is 0 Å². The van der Waals surface area contributed by atoms with Crippen LogP contribution in [0, 0.1) is 0 Å². The van der Waals surface area contributed by atoms with Crippen LogP contribution in [0.15, 0.2) is 40.8 Å². The molecule has 2 rings (SSSR count). The molecule has 1 N–H and O–H groups in total. The number of unbranched alkanes of at least 4 members (excludes halogenated alkanes) is 1. The summed E-state index contributed by atoms with van der Waals surface area (Å²) in [6, 6.07) is 12.9. The second kappa shape index (κ2) is 7.91. The summed E-state index contributed by atoms with van der Waals surface area (Å²) in [5.74, 6) is 1.96. The Hall–Kier alpha value is -1.54. The van der Waals surface area contributed by atoms with E-state index in [9.17, 15) is 0 Å². The van der Waals surface area contributed by atoms with Gasteiger partial charge in [0.1, 0.15) is 11.5 Å². The maximum absolute atomic E-state index is 5.87. The molecular formula is C18H25NO. The molecule has 0 saturated heterocycles. The Morgan fingerprint density at radius 2 is 1.75 bits per heavy atom. The zero-order valence-corrected chi connectivity index (χ0v) is 12.6. The molecule has 0 atom stereocenters. The normalized spacial score (nSPS) is 10.9. The molecule has 0 aliphatic rings. The van der Waals surface area contributed by atoms with Gasteiger partial charge in [0.2, 0.25) is 0 Å². The fraction of sp³-hybridized carbons (Fsp3) is 0.444. The highest BCUT2D eigenvalue weighted by Gasteiger charge is 2.04. The topological polar surface area (TPSA) is 25.2 Å². The van der Waals surface area contributed by atoms with Crippen molar-refractivity contribution in [1.29, 1.82) is 0 Å². The predicted molar refractivity (Wildman–Crippen MR) is 84.8 cm³/mol. The molecule has 0 aliphatic carbocycles. The van der Waals surface area contributed by atoms with Gasteiger partial charge in [0.15, 0.2) is 0 Å². The molecule has 1 aromatic heterocycles. The third kappa shape index (κ3) is 4.24. The highest BCUT2D eigenvalue weighted by atomic mass is 16.3. The van der Waals surface area contributed by atoms with Crippen molar-refractivity contribution in [3.63, 3.8) is 0 Å². The van der Waals surface area contributed by atoms with Gasteiger partial charge in [-0.05, 0) is 43.5 Å². The van der Waals surface area contributed by atoms with Crippen LogP contribution in [0.1, 0.15) is 44.4 Å². The van der Waals surface area contributed by atoms with Crippen LogP contribution in [-0.4, -0.2) is 6.54 Å². The van der Waals surface area contributed by atoms with Crippen molar-refractivity contribution in [2.75, 3.05) is 6.54 Å². The van der Waals surface area contributed by atoms with Crippen LogP contribution in [0.3, 0.4) is 0 Å². The van der Waals surface area contributed by atoms with Crippen LogP contribution in [0.5, 0.6) is 0 Å². The molecule has 0 bridgehead atoms. The summed E-state index contributed by atoms with van der Waals surface area (Å²) in [5, 5.41) is 3.35. The van der Waals surface area contributed by atoms with Crippen molar-refractivity contribution in [3.8, 4) is 11.3 Å². The first-order chi connectivity index (χ1) is 9.83. The first-order valence-electron chi connectivity index (χ1n) is 7.72. The van der Waals surface area contributed by atoms with Gasteiger partial charge in [-0.25, -0.2) is 0 Å². The van der Waals surface area contributed by atoms with Crippen LogP contribution in [-0.2, 0) is 13.0 Å². The molecule has 2 heteroatoms. The Bertz CT molecular complexity index is 498. The van der Waals surface area contributed by atoms with Crippen molar-refractivity contribution in [3.05, 3.63) is 47.7 Å². The first kappa shape index (κ1) is 14.9. The molecule has 1 heterocycles. The minimum Gasteiger partial charge on any atom is -0.460 e. The van der Waals surface area contributed by atoms with Gasteiger partial charge in [-0.2, -0.15) is 0 Å². The number of aryl methyl sites for hydroxylation is 1. The quantitative estimate of drug-likeness (QED) is 0.698. The molecule has 0 spiro atoms. The molecule has 0 amide bonds. The molecule has 2 nitrogen and oxygen atoms in total. The smallest absolute Gasteiger partial charge is 0.134 e. The maximum atomic E-state index is 5.87. The lowest BCUT2D eigenvalue weighted by atomic mass is 10.1. The second-order valence-electron chi connectivity index (χ2n) is 5.24. The third-order valence-electron chi connectivity index (χ3n) is 3.45. The number of hydrogen-bond acceptors (Lipinski definition) is 2. The van der Waals surface area contributed by atoms with Crippen LogP contribution in [0.2, 0.25) is 0 Å². The Morgan fingerprint density at radius 1 is 0.950 bits per heavy atom. The van der Waals surface area contributed by atoms with Crippen molar-refractivity contribution in [2.45, 2.75) is 46.1 Å². The fourth-order valence-corrected chi connectivity index (χ4v) is 2.23. The second-order valence-corrected chi connectivity index (χ2v) is 5.24. The van der Waals surface area contributed by atoms with Crippen LogP contribution in [0.25, 0.3) is 11.3 Å². The lowest BCUT2D eigenvalue weighted by Crippen LogP contribution is -2.12. The Labute approximate surface area is 122 Å². The molecule has 2 aromatic rings. The number of nitrogens with one attached hydrogen (secondary N) is 1. The molecule has 20 heavy (non-hydrogen) atoms. The minimum atomic E-state index is 0.808. The van der Waals surface area contributed by atoms with Crippen molar-refractivity contribution >= 4 is 0 Å². The summed E-state index contributed by atoms with van der Waals surface area (Å²) in [4.78, 5) is 0. The summed E-state index contributed by atoms with van der Waals surface area (Å²) in [7, 11) is 0. The number of hydrogen-bond donors (Lipinski definition) is 1. The van der Waals surface area contributed by atoms with Gasteiger partial charge < -0.3 is 9.73 Å². The van der Waals surface area contributed by atoms with E-state index in [-0.39, 0.29) is 0 Å². The molecule has 1 aromatic carbocycles. The lowest BCUT2D eigenvalue weighted by molar-refractivity contribution is 0.493. The number of benzene rings is 1. The van der Waals surface area contributed by atoms with E-state index in [0.29, 0.717) is 0 Å². The summed E-state index contributed by atoms with van der Waals surface area (Å²) in [6.45, 7) is 6.23. The van der Waals surface area contributed by atoms with Gasteiger partial charge in [0.05, 0.1) is 6.54 Å². The monoisotopic (exact) mass is 271 g/mol. The van der Waals surface area contributed by atoms with Gasteiger partial charge in [-0.3, -0.25) is 0 Å². The van der Waals surface area contributed by atoms with E-state index in [4.69, 9.17) is 4.42 Å². The van der Waals surface area contributed by atoms with Gasteiger partial charge in [-0.15, -0.1) is 0 Å². The largest absolute Gasteiger partial charge is 0.460 e. The van der Waals surface area contributed by atoms with Crippen molar-refractivity contribution < 1.29 is 4.42 Å². The van der Waals surface area contributed by atoms with Crippen LogP contribution >= 0.6 is 0 Å². The minimum absolute atomic E-state index is 0.808. The van der Waals surface area contributed by atoms with Gasteiger partial charge in [0.25, 0.3) is 0 Å². The molecular weight excluding hydrogens is 246 g/mol. The van der Waals surface area contributed by atoms with E-state index >= 15 is 0 Å². The standard InChI is InChI=1S/C18H25NO/c1-3-5-6-15-7-9-16(10-8-15)18-12-11-17(20-18)14-19-13-4-2/h7-12,19H,3-6,13-14H2,1-2H3. The molecule has 108 valence electrons. The number of rotatable bonds is 8. The van der Waals surface area contributed by atoms with E-state index in [2.05, 4.69) is 55.6 Å². The van der Waals surface area contributed by atoms with Gasteiger partial charge >= 0.3 is 0 Å². The van der Waals surface area contributed by atoms with E-state index in [1.807, 2.05) is 0 Å². The fourth-order valence-electron chi connectivity index (χ4n) is 2.23. The zero-order chi connectivity index (χ0) is 14.2. The average molecular weight is 271 g/mol. The highest BCUT2D eigenvalue weighted by molar-refractivity contribution is 5.57. The number of furan rings is 1. The zero-order valence-electron chi connectivity index (χ0n) is 12.6. The SMILES string of the molecule is CCCCc1ccc(-c2ccc(CNCCC)o2)cc1. The summed E-state index contributed by atoms with van der Waals surface area (Å²) < 4.78 is 5.87. The summed E-state index contributed by atoms with van der Waals surface area (Å²) in [5.41, 5.74) is 2.57. The predicted octanol–water partition coefficient (Wildman–Crippen LogP) is 4.79. The van der Waals surface area contributed by atoms with Crippen molar-refractivity contribution in [1.82, 2.24) is 5.32 Å². The molecule has 0 radical (unpaired) electrons. The third-order valence-corrected chi connectivity index (χ3v) is 3.45. The average Bonchev–Trinajstić information content (AvgIpc) is 2.95. The molecule has 0 saturated carbocycles. The van der Waals surface area contributed by atoms with E-state index in [1.165, 1.54) is 24.8 Å². The van der Waals surface area contributed by atoms with E-state index < -0.39 is 0 Å². The highest BCUT2D eigenvalue weighted by Crippen LogP contribution is 2.23. The van der Waals surface area contributed by atoms with E-state index in [0.717, 1.165) is 36.6 Å². The Morgan fingerprint density at radius 3 is 2.45 bits per heavy atom. The maximum Gasteiger partial charge on any atom is 0.134 e. The molecule has 0 aliphatic heterocycles. The summed E-state index contributed by atoms with van der Waals surface area (Å²) >= 11 is 0. The lowest BCUT2D eigenvalue weighted by Gasteiger charge is -2.02. The van der Waals surface area contributed by atoms with Gasteiger partial charge in [0, 0.05) is 5.56 Å². The Balaban J connectivity index is 1.97. The van der Waals surface area contributed by atoms with Crippen LogP contribution < -0.4 is 5.32 Å². The Kier molecular flexibility index (Phi) is 5.87. The summed E-state index contributed by atoms with van der Waals surface area (Å²) in [6.07, 6.45) is 4.81. The van der Waals surface area contributed by atoms with E-state index in [1.54, 1.807) is 0 Å². The van der Waals surface area contributed by atoms with Crippen molar-refractivity contribution in [2.24, 2.45) is 0 Å². The molecule has 0 fully saturated rings. The molecule has 0 unspecified atom stereocenters. The van der Waals surface area contributed by atoms with Gasteiger partial charge in [-0.1, -0.05) is 44.5 Å².